The summed E-state index contributed by atoms with van der Waals surface area (Å²) < 4.78 is 6.49. The molecule has 1 unspecified atom stereocenters. The lowest BCUT2D eigenvalue weighted by atomic mass is 10.1. The van der Waals surface area contributed by atoms with Crippen molar-refractivity contribution in [3.63, 3.8) is 0 Å². The molecule has 0 saturated carbocycles. The summed E-state index contributed by atoms with van der Waals surface area (Å²) >= 11 is 3.59. The molecule has 100 valence electrons. The third-order valence-electron chi connectivity index (χ3n) is 3.18. The number of ether oxygens (including phenoxy) is 1. The Morgan fingerprint density at radius 1 is 1.61 bits per heavy atom. The van der Waals surface area contributed by atoms with Crippen LogP contribution >= 0.6 is 15.9 Å². The molecule has 1 aliphatic heterocycles. The molecule has 18 heavy (non-hydrogen) atoms. The number of aliphatic hydroxyl groups excluding tert-OH is 1. The highest BCUT2D eigenvalue weighted by molar-refractivity contribution is 9.10. The van der Waals surface area contributed by atoms with Gasteiger partial charge < -0.3 is 20.5 Å². The van der Waals surface area contributed by atoms with Crippen LogP contribution in [-0.4, -0.2) is 37.5 Å². The van der Waals surface area contributed by atoms with Gasteiger partial charge >= 0.3 is 0 Å². The van der Waals surface area contributed by atoms with Crippen LogP contribution in [0.15, 0.2) is 22.7 Å². The van der Waals surface area contributed by atoms with Crippen molar-refractivity contribution in [3.05, 3.63) is 28.2 Å². The monoisotopic (exact) mass is 314 g/mol. The summed E-state index contributed by atoms with van der Waals surface area (Å²) in [6, 6.07) is 6.21. The molecule has 1 aromatic carbocycles. The second kappa shape index (κ2) is 6.02. The Hall–Kier alpha value is -0.620. The summed E-state index contributed by atoms with van der Waals surface area (Å²) in [5, 5.41) is 9.16. The maximum absolute atomic E-state index is 9.16. The molecular weight excluding hydrogens is 296 g/mol. The van der Waals surface area contributed by atoms with E-state index in [1.54, 1.807) is 0 Å². The minimum absolute atomic E-state index is 0.0326. The van der Waals surface area contributed by atoms with Crippen molar-refractivity contribution >= 4 is 21.6 Å². The summed E-state index contributed by atoms with van der Waals surface area (Å²) in [5.41, 5.74) is 8.10. The van der Waals surface area contributed by atoms with Crippen LogP contribution in [0.2, 0.25) is 0 Å². The minimum Gasteiger partial charge on any atom is -0.394 e. The normalized spacial score (nSPS) is 22.0. The van der Waals surface area contributed by atoms with Crippen LogP contribution in [0.3, 0.4) is 0 Å². The van der Waals surface area contributed by atoms with Gasteiger partial charge in [-0.2, -0.15) is 0 Å². The molecule has 2 atom stereocenters. The molecule has 1 saturated heterocycles. The van der Waals surface area contributed by atoms with Gasteiger partial charge in [-0.05, 0) is 40.5 Å². The first-order valence-electron chi connectivity index (χ1n) is 6.14. The van der Waals surface area contributed by atoms with Gasteiger partial charge in [-0.3, -0.25) is 0 Å². The lowest BCUT2D eigenvalue weighted by Crippen LogP contribution is -2.44. The molecule has 0 aliphatic carbocycles. The van der Waals surface area contributed by atoms with Crippen LogP contribution in [0.25, 0.3) is 0 Å². The zero-order chi connectivity index (χ0) is 13.1. The lowest BCUT2D eigenvalue weighted by Gasteiger charge is -2.34. The van der Waals surface area contributed by atoms with E-state index < -0.39 is 0 Å². The zero-order valence-electron chi connectivity index (χ0n) is 10.5. The van der Waals surface area contributed by atoms with E-state index in [4.69, 9.17) is 15.6 Å². The number of anilines is 1. The number of hydrogen-bond acceptors (Lipinski definition) is 4. The molecule has 1 aliphatic rings. The predicted molar refractivity (Wildman–Crippen MR) is 75.8 cm³/mol. The SMILES string of the molecule is C[C@@H](N)c1ccc(N2CCOC(CO)C2)c(Br)c1. The molecule has 5 heteroatoms. The van der Waals surface area contributed by atoms with Gasteiger partial charge in [0.25, 0.3) is 0 Å². The number of nitrogens with two attached hydrogens (primary N) is 1. The van der Waals surface area contributed by atoms with E-state index in [1.165, 1.54) is 0 Å². The van der Waals surface area contributed by atoms with E-state index in [1.807, 2.05) is 13.0 Å². The van der Waals surface area contributed by atoms with E-state index in [-0.39, 0.29) is 18.8 Å². The van der Waals surface area contributed by atoms with Crippen LogP contribution in [0.1, 0.15) is 18.5 Å². The van der Waals surface area contributed by atoms with E-state index in [2.05, 4.69) is 33.0 Å². The van der Waals surface area contributed by atoms with Crippen molar-refractivity contribution in [2.24, 2.45) is 5.73 Å². The molecule has 2 rings (SSSR count). The molecule has 0 aromatic heterocycles. The first-order valence-corrected chi connectivity index (χ1v) is 6.93. The molecule has 0 spiro atoms. The molecule has 0 bridgehead atoms. The van der Waals surface area contributed by atoms with Crippen molar-refractivity contribution in [2.75, 3.05) is 31.2 Å². The van der Waals surface area contributed by atoms with Gasteiger partial charge in [0.05, 0.1) is 25.0 Å². The van der Waals surface area contributed by atoms with Crippen LogP contribution in [0.5, 0.6) is 0 Å². The number of morpholine rings is 1. The second-order valence-corrected chi connectivity index (χ2v) is 5.48. The van der Waals surface area contributed by atoms with Crippen LogP contribution in [0.4, 0.5) is 5.69 Å². The second-order valence-electron chi connectivity index (χ2n) is 4.62. The number of rotatable bonds is 3. The average Bonchev–Trinajstić information content (AvgIpc) is 2.38. The smallest absolute Gasteiger partial charge is 0.0980 e. The van der Waals surface area contributed by atoms with Crippen molar-refractivity contribution in [3.8, 4) is 0 Å². The largest absolute Gasteiger partial charge is 0.394 e. The highest BCUT2D eigenvalue weighted by Crippen LogP contribution is 2.30. The van der Waals surface area contributed by atoms with E-state index in [0.29, 0.717) is 13.2 Å². The van der Waals surface area contributed by atoms with Crippen molar-refractivity contribution in [1.82, 2.24) is 0 Å². The van der Waals surface area contributed by atoms with Gasteiger partial charge in [0.1, 0.15) is 0 Å². The molecule has 3 N–H and O–H groups in total. The molecule has 0 radical (unpaired) electrons. The highest BCUT2D eigenvalue weighted by Gasteiger charge is 2.21. The molecule has 0 amide bonds. The first-order chi connectivity index (χ1) is 8.61. The topological polar surface area (TPSA) is 58.7 Å². The third kappa shape index (κ3) is 3.03. The minimum atomic E-state index is -0.0984. The fourth-order valence-electron chi connectivity index (χ4n) is 2.11. The van der Waals surface area contributed by atoms with Crippen molar-refractivity contribution < 1.29 is 9.84 Å². The van der Waals surface area contributed by atoms with Gasteiger partial charge in [-0.1, -0.05) is 6.07 Å². The average molecular weight is 315 g/mol. The van der Waals surface area contributed by atoms with Crippen LogP contribution < -0.4 is 10.6 Å². The maximum Gasteiger partial charge on any atom is 0.0980 e. The quantitative estimate of drug-likeness (QED) is 0.891. The van der Waals surface area contributed by atoms with Crippen LogP contribution in [0, 0.1) is 0 Å². The first kappa shape index (κ1) is 13.8. The van der Waals surface area contributed by atoms with Crippen molar-refractivity contribution in [2.45, 2.75) is 19.1 Å². The Bertz CT molecular complexity index is 412. The number of benzene rings is 1. The Kier molecular flexibility index (Phi) is 4.61. The number of nitrogens with zero attached hydrogens (tertiary/aromatic N) is 1. The Morgan fingerprint density at radius 3 is 3.00 bits per heavy atom. The van der Waals surface area contributed by atoms with Gasteiger partial charge in [0.2, 0.25) is 0 Å². The molecule has 4 nitrogen and oxygen atoms in total. The Balaban J connectivity index is 2.17. The third-order valence-corrected chi connectivity index (χ3v) is 3.82. The lowest BCUT2D eigenvalue weighted by molar-refractivity contribution is 0.00353. The predicted octanol–water partition coefficient (Wildman–Crippen LogP) is 1.67. The standard InChI is InChI=1S/C13H19BrN2O2/c1-9(15)10-2-3-13(12(14)6-10)16-4-5-18-11(7-16)8-17/h2-3,6,9,11,17H,4-5,7-8,15H2,1H3/t9-,11?/m1/s1. The fourth-order valence-corrected chi connectivity index (χ4v) is 2.76. The summed E-state index contributed by atoms with van der Waals surface area (Å²) in [6.07, 6.45) is -0.0984. The van der Waals surface area contributed by atoms with Crippen molar-refractivity contribution in [1.29, 1.82) is 0 Å². The summed E-state index contributed by atoms with van der Waals surface area (Å²) in [5.74, 6) is 0. The Labute approximate surface area is 116 Å². The highest BCUT2D eigenvalue weighted by atomic mass is 79.9. The van der Waals surface area contributed by atoms with Crippen LogP contribution in [-0.2, 0) is 4.74 Å². The van der Waals surface area contributed by atoms with E-state index in [9.17, 15) is 0 Å². The molecular formula is C13H19BrN2O2. The van der Waals surface area contributed by atoms with Gasteiger partial charge in [-0.25, -0.2) is 0 Å². The maximum atomic E-state index is 9.16. The van der Waals surface area contributed by atoms with E-state index in [0.717, 1.165) is 22.3 Å². The molecule has 1 aromatic rings. The van der Waals surface area contributed by atoms with Gasteiger partial charge in [-0.15, -0.1) is 0 Å². The molecule has 1 heterocycles. The van der Waals surface area contributed by atoms with Gasteiger partial charge in [0, 0.05) is 23.6 Å². The van der Waals surface area contributed by atoms with E-state index >= 15 is 0 Å². The number of aliphatic hydroxyl groups is 1. The summed E-state index contributed by atoms with van der Waals surface area (Å²) in [7, 11) is 0. The zero-order valence-corrected chi connectivity index (χ0v) is 12.1. The summed E-state index contributed by atoms with van der Waals surface area (Å²) in [4.78, 5) is 2.22. The summed E-state index contributed by atoms with van der Waals surface area (Å²) in [6.45, 7) is 4.23. The molecule has 1 fully saturated rings. The number of halogens is 1. The number of hydrogen-bond donors (Lipinski definition) is 2. The fraction of sp³-hybridized carbons (Fsp3) is 0.538. The van der Waals surface area contributed by atoms with Gasteiger partial charge in [0.15, 0.2) is 0 Å². The Morgan fingerprint density at radius 2 is 2.39 bits per heavy atom.